The molecule has 2 aliphatic heterocycles. The number of hydrogen-bond acceptors (Lipinski definition) is 7. The van der Waals surface area contributed by atoms with Crippen LogP contribution in [0.25, 0.3) is 5.57 Å². The molecule has 1 atom stereocenters. The molecular weight excluding hydrogens is 398 g/mol. The minimum Gasteiger partial charge on any atom is -0.463 e. The van der Waals surface area contributed by atoms with Gasteiger partial charge in [0.2, 0.25) is 5.88 Å². The third-order valence-electron chi connectivity index (χ3n) is 5.28. The van der Waals surface area contributed by atoms with Crippen molar-refractivity contribution in [3.63, 3.8) is 0 Å². The summed E-state index contributed by atoms with van der Waals surface area (Å²) in [6.45, 7) is 5.27. The molecule has 31 heavy (non-hydrogen) atoms. The summed E-state index contributed by atoms with van der Waals surface area (Å²) in [6.07, 6.45) is 5.61. The zero-order chi connectivity index (χ0) is 22.0. The van der Waals surface area contributed by atoms with Crippen molar-refractivity contribution in [2.24, 2.45) is 0 Å². The number of nitrogens with zero attached hydrogens (tertiary/aromatic N) is 3. The molecule has 0 radical (unpaired) electrons. The fraction of sp³-hybridized carbons (Fsp3) is 0.364. The maximum atomic E-state index is 12.0. The van der Waals surface area contributed by atoms with Crippen molar-refractivity contribution < 1.29 is 19.2 Å². The predicted octanol–water partition coefficient (Wildman–Crippen LogP) is 2.08. The van der Waals surface area contributed by atoms with E-state index in [1.807, 2.05) is 31.0 Å². The average molecular weight is 423 g/mol. The molecule has 9 nitrogen and oxygen atoms in total. The Bertz CT molecular complexity index is 1050. The number of pyridine rings is 2. The lowest BCUT2D eigenvalue weighted by atomic mass is 10.0. The van der Waals surface area contributed by atoms with Gasteiger partial charge >= 0.3 is 0 Å². The fourth-order valence-corrected chi connectivity index (χ4v) is 3.54. The number of aromatic nitrogens is 2. The molecule has 2 amide bonds. The van der Waals surface area contributed by atoms with Crippen molar-refractivity contribution in [2.45, 2.75) is 32.9 Å². The van der Waals surface area contributed by atoms with Gasteiger partial charge in [0.25, 0.3) is 11.8 Å². The monoisotopic (exact) mass is 423 g/mol. The number of carbonyl (C=O) groups is 2. The van der Waals surface area contributed by atoms with Crippen LogP contribution in [0.1, 0.15) is 40.5 Å². The van der Waals surface area contributed by atoms with Crippen LogP contribution in [-0.2, 0) is 16.2 Å². The summed E-state index contributed by atoms with van der Waals surface area (Å²) in [5.41, 5.74) is 4.68. The van der Waals surface area contributed by atoms with Crippen molar-refractivity contribution in [2.75, 3.05) is 25.5 Å². The second kappa shape index (κ2) is 8.83. The summed E-state index contributed by atoms with van der Waals surface area (Å²) < 4.78 is 5.63. The maximum Gasteiger partial charge on any atom is 0.269 e. The molecule has 0 spiro atoms. The highest BCUT2D eigenvalue weighted by atomic mass is 16.7. The zero-order valence-corrected chi connectivity index (χ0v) is 17.8. The Balaban J connectivity index is 1.41. The van der Waals surface area contributed by atoms with E-state index in [-0.39, 0.29) is 11.8 Å². The van der Waals surface area contributed by atoms with Gasteiger partial charge in [0, 0.05) is 26.0 Å². The van der Waals surface area contributed by atoms with Gasteiger partial charge in [-0.2, -0.15) is 5.06 Å². The smallest absolute Gasteiger partial charge is 0.269 e. The van der Waals surface area contributed by atoms with E-state index in [0.29, 0.717) is 43.4 Å². The lowest BCUT2D eigenvalue weighted by Gasteiger charge is -2.27. The van der Waals surface area contributed by atoms with Crippen molar-refractivity contribution in [3.05, 3.63) is 53.0 Å². The van der Waals surface area contributed by atoms with E-state index in [1.165, 1.54) is 0 Å². The summed E-state index contributed by atoms with van der Waals surface area (Å²) in [4.78, 5) is 38.4. The lowest BCUT2D eigenvalue weighted by Crippen LogP contribution is -2.37. The van der Waals surface area contributed by atoms with E-state index in [9.17, 15) is 9.59 Å². The molecule has 162 valence electrons. The number of fused-ring (bicyclic) bond motifs is 1. The van der Waals surface area contributed by atoms with E-state index in [1.54, 1.807) is 19.4 Å². The maximum absolute atomic E-state index is 12.0. The summed E-state index contributed by atoms with van der Waals surface area (Å²) in [5.74, 6) is 0.0941. The molecule has 0 fully saturated rings. The van der Waals surface area contributed by atoms with Crippen LogP contribution in [0.4, 0.5) is 5.69 Å². The van der Waals surface area contributed by atoms with Crippen molar-refractivity contribution >= 4 is 23.1 Å². The summed E-state index contributed by atoms with van der Waals surface area (Å²) in [7, 11) is 1.59. The minimum absolute atomic E-state index is 0.151. The highest BCUT2D eigenvalue weighted by Gasteiger charge is 2.27. The largest absolute Gasteiger partial charge is 0.463 e. The van der Waals surface area contributed by atoms with Gasteiger partial charge in [-0.15, -0.1) is 0 Å². The molecule has 2 N–H and O–H groups in total. The van der Waals surface area contributed by atoms with Crippen LogP contribution in [0.15, 0.2) is 30.6 Å². The van der Waals surface area contributed by atoms with E-state index in [0.717, 1.165) is 22.3 Å². The molecule has 0 aliphatic carbocycles. The first-order valence-corrected chi connectivity index (χ1v) is 10.2. The van der Waals surface area contributed by atoms with Gasteiger partial charge in [0.15, 0.2) is 6.10 Å². The Morgan fingerprint density at radius 1 is 1.32 bits per heavy atom. The molecular formula is C22H25N5O4. The Morgan fingerprint density at radius 3 is 2.84 bits per heavy atom. The number of hydrogen-bond donors (Lipinski definition) is 2. The Labute approximate surface area is 180 Å². The highest BCUT2D eigenvalue weighted by Crippen LogP contribution is 2.29. The van der Waals surface area contributed by atoms with E-state index < -0.39 is 6.10 Å². The van der Waals surface area contributed by atoms with Crippen LogP contribution in [0, 0.1) is 6.92 Å². The predicted molar refractivity (Wildman–Crippen MR) is 114 cm³/mol. The number of amides is 2. The zero-order valence-electron chi connectivity index (χ0n) is 17.8. The van der Waals surface area contributed by atoms with Crippen LogP contribution >= 0.6 is 0 Å². The first-order valence-electron chi connectivity index (χ1n) is 10.2. The van der Waals surface area contributed by atoms with Crippen LogP contribution in [0.2, 0.25) is 0 Å². The number of anilines is 1. The molecule has 0 aromatic carbocycles. The molecule has 1 unspecified atom stereocenters. The first-order chi connectivity index (χ1) is 15.0. The van der Waals surface area contributed by atoms with Crippen LogP contribution in [0.3, 0.4) is 0 Å². The van der Waals surface area contributed by atoms with Crippen molar-refractivity contribution in [1.82, 2.24) is 20.3 Å². The Morgan fingerprint density at radius 2 is 2.16 bits per heavy atom. The summed E-state index contributed by atoms with van der Waals surface area (Å²) >= 11 is 0. The van der Waals surface area contributed by atoms with E-state index in [2.05, 4.69) is 26.7 Å². The Hall–Kier alpha value is -3.30. The van der Waals surface area contributed by atoms with Gasteiger partial charge in [0.1, 0.15) is 11.4 Å². The normalized spacial score (nSPS) is 18.5. The number of nitrogens with one attached hydrogen (secondary N) is 2. The van der Waals surface area contributed by atoms with Crippen molar-refractivity contribution in [3.8, 4) is 5.88 Å². The molecule has 0 saturated carbocycles. The average Bonchev–Trinajstić information content (AvgIpc) is 2.78. The topological polar surface area (TPSA) is 106 Å². The number of hydroxylamine groups is 2. The van der Waals surface area contributed by atoms with Crippen LogP contribution < -0.4 is 15.4 Å². The number of rotatable bonds is 5. The van der Waals surface area contributed by atoms with Gasteiger partial charge in [0.05, 0.1) is 13.2 Å². The van der Waals surface area contributed by atoms with Crippen LogP contribution in [0.5, 0.6) is 5.88 Å². The molecule has 0 saturated heterocycles. The quantitative estimate of drug-likeness (QED) is 0.758. The second-order valence-electron chi connectivity index (χ2n) is 7.49. The molecule has 4 heterocycles. The molecule has 0 bridgehead atoms. The molecule has 9 heteroatoms. The molecule has 4 rings (SSSR count). The van der Waals surface area contributed by atoms with Crippen LogP contribution in [-0.4, -0.2) is 53.1 Å². The fourth-order valence-electron chi connectivity index (χ4n) is 3.54. The number of aryl methyl sites for hydroxylation is 1. The number of ether oxygens (including phenoxy) is 1. The summed E-state index contributed by atoms with van der Waals surface area (Å²) in [5, 5.41) is 7.27. The Kier molecular flexibility index (Phi) is 5.97. The second-order valence-corrected chi connectivity index (χ2v) is 7.49. The van der Waals surface area contributed by atoms with Gasteiger partial charge in [-0.3, -0.25) is 19.4 Å². The molecule has 2 aromatic heterocycles. The third kappa shape index (κ3) is 4.42. The lowest BCUT2D eigenvalue weighted by molar-refractivity contribution is -0.150. The van der Waals surface area contributed by atoms with E-state index >= 15 is 0 Å². The van der Waals surface area contributed by atoms with Crippen molar-refractivity contribution in [1.29, 1.82) is 0 Å². The van der Waals surface area contributed by atoms with Gasteiger partial charge in [-0.05, 0) is 47.7 Å². The molecule has 2 aromatic rings. The SMILES string of the molecule is CCC1Oc2ncc(CN3CC=C(c4cnc(C(=O)NC)c(C)c4)CO3)cc2NC1=O. The van der Waals surface area contributed by atoms with Gasteiger partial charge in [-0.1, -0.05) is 13.0 Å². The van der Waals surface area contributed by atoms with E-state index in [4.69, 9.17) is 9.57 Å². The summed E-state index contributed by atoms with van der Waals surface area (Å²) in [6, 6.07) is 3.81. The highest BCUT2D eigenvalue weighted by molar-refractivity contribution is 5.97. The third-order valence-corrected chi connectivity index (χ3v) is 5.28. The number of carbonyl (C=O) groups excluding carboxylic acids is 2. The standard InChI is InChI=1S/C22H25N5O4/c1-4-18-20(28)26-17-8-14(9-25-22(17)31-18)11-27-6-5-15(12-30-27)16-7-13(2)19(24-10-16)21(29)23-3/h5,7-10,18H,4,6,11-12H2,1-3H3,(H,23,29)(H,26,28). The van der Waals surface area contributed by atoms with Gasteiger partial charge < -0.3 is 15.4 Å². The minimum atomic E-state index is -0.497. The van der Waals surface area contributed by atoms with Gasteiger partial charge in [-0.25, -0.2) is 4.98 Å². The molecule has 2 aliphatic rings. The first kappa shape index (κ1) is 21.0.